The van der Waals surface area contributed by atoms with Crippen molar-refractivity contribution in [2.45, 2.75) is 6.92 Å². The lowest BCUT2D eigenvalue weighted by molar-refractivity contribution is 0.360. The number of aryl methyl sites for hydroxylation is 1. The van der Waals surface area contributed by atoms with Gasteiger partial charge >= 0.3 is 0 Å². The summed E-state index contributed by atoms with van der Waals surface area (Å²) in [6.45, 7) is 2.12. The Bertz CT molecular complexity index is 2480. The van der Waals surface area contributed by atoms with Crippen molar-refractivity contribution < 1.29 is 9.47 Å². The standard InChI is InChI=1S/C46H32N4O2/c1-31-16-11-12-23-38(31)50(39-24-15-27-42-43(39)52-41-26-14-13-25-40(41)51-42)37-29-35(32-17-5-2-6-18-32)28-36(30-37)46-48-44(33-19-7-3-8-20-33)47-45(49-46)34-21-9-4-10-22-34/h2-30H,1H3. The third kappa shape index (κ3) is 5.92. The van der Waals surface area contributed by atoms with Crippen LogP contribution in [0, 0.1) is 6.92 Å². The number of rotatable bonds is 7. The quantitative estimate of drug-likeness (QED) is 0.168. The van der Waals surface area contributed by atoms with Crippen molar-refractivity contribution in [1.29, 1.82) is 0 Å². The maximum absolute atomic E-state index is 6.63. The number of ether oxygens (including phenoxy) is 2. The molecule has 6 heteroatoms. The highest BCUT2D eigenvalue weighted by molar-refractivity contribution is 5.88. The van der Waals surface area contributed by atoms with Crippen LogP contribution in [0.1, 0.15) is 5.56 Å². The SMILES string of the molecule is Cc1ccccc1N(c1cc(-c2ccccc2)cc(-c2nc(-c3ccccc3)nc(-c3ccccc3)n2)c1)c1cccc2c1Oc1ccccc1O2. The van der Waals surface area contributed by atoms with Gasteiger partial charge in [-0.3, -0.25) is 0 Å². The molecular weight excluding hydrogens is 641 g/mol. The Morgan fingerprint density at radius 3 is 1.50 bits per heavy atom. The van der Waals surface area contributed by atoms with Crippen LogP contribution >= 0.6 is 0 Å². The minimum Gasteiger partial charge on any atom is -0.449 e. The van der Waals surface area contributed by atoms with Gasteiger partial charge in [0.2, 0.25) is 0 Å². The predicted octanol–water partition coefficient (Wildman–Crippen LogP) is 12.2. The molecule has 1 aliphatic rings. The lowest BCUT2D eigenvalue weighted by atomic mass is 10.00. The second-order valence-corrected chi connectivity index (χ2v) is 12.6. The highest BCUT2D eigenvalue weighted by Gasteiger charge is 2.27. The van der Waals surface area contributed by atoms with E-state index in [4.69, 9.17) is 24.4 Å². The third-order valence-corrected chi connectivity index (χ3v) is 9.08. The second-order valence-electron chi connectivity index (χ2n) is 12.6. The van der Waals surface area contributed by atoms with Crippen molar-refractivity contribution in [3.63, 3.8) is 0 Å². The van der Waals surface area contributed by atoms with Crippen LogP contribution in [-0.4, -0.2) is 15.0 Å². The Balaban J connectivity index is 1.29. The monoisotopic (exact) mass is 672 g/mol. The lowest BCUT2D eigenvalue weighted by Crippen LogP contribution is -2.14. The molecule has 0 atom stereocenters. The third-order valence-electron chi connectivity index (χ3n) is 9.08. The molecule has 9 rings (SSSR count). The minimum atomic E-state index is 0.570. The van der Waals surface area contributed by atoms with E-state index in [1.165, 1.54) is 0 Å². The summed E-state index contributed by atoms with van der Waals surface area (Å²) >= 11 is 0. The lowest BCUT2D eigenvalue weighted by Gasteiger charge is -2.31. The van der Waals surface area contributed by atoms with Crippen molar-refractivity contribution in [2.75, 3.05) is 4.90 Å². The van der Waals surface area contributed by atoms with Gasteiger partial charge in [-0.1, -0.05) is 127 Å². The van der Waals surface area contributed by atoms with E-state index >= 15 is 0 Å². The molecule has 0 fully saturated rings. The Hall–Kier alpha value is -7.05. The Labute approximate surface area is 302 Å². The topological polar surface area (TPSA) is 60.4 Å². The van der Waals surface area contributed by atoms with E-state index in [1.54, 1.807) is 0 Å². The molecule has 8 aromatic rings. The number of anilines is 3. The molecule has 0 N–H and O–H groups in total. The average Bonchev–Trinajstić information content (AvgIpc) is 3.22. The summed E-state index contributed by atoms with van der Waals surface area (Å²) in [5.74, 6) is 4.40. The van der Waals surface area contributed by atoms with Crippen LogP contribution in [0.4, 0.5) is 17.1 Å². The van der Waals surface area contributed by atoms with E-state index in [2.05, 4.69) is 84.6 Å². The fraction of sp³-hybridized carbons (Fsp3) is 0.0217. The summed E-state index contributed by atoms with van der Waals surface area (Å²) < 4.78 is 13.0. The van der Waals surface area contributed by atoms with E-state index in [1.807, 2.05) is 103 Å². The molecule has 1 aliphatic heterocycles. The zero-order valence-electron chi connectivity index (χ0n) is 28.3. The van der Waals surface area contributed by atoms with Crippen LogP contribution in [0.15, 0.2) is 176 Å². The van der Waals surface area contributed by atoms with Crippen LogP contribution in [0.3, 0.4) is 0 Å². The molecular formula is C46H32N4O2. The number of hydrogen-bond acceptors (Lipinski definition) is 6. The summed E-state index contributed by atoms with van der Waals surface area (Å²) in [5.41, 5.74) is 8.60. The van der Waals surface area contributed by atoms with Crippen molar-refractivity contribution >= 4 is 17.1 Å². The Morgan fingerprint density at radius 1 is 0.385 bits per heavy atom. The molecule has 7 aromatic carbocycles. The van der Waals surface area contributed by atoms with Gasteiger partial charge in [-0.05, 0) is 72.1 Å². The number of nitrogens with zero attached hydrogens (tertiary/aromatic N) is 4. The van der Waals surface area contributed by atoms with Crippen LogP contribution in [0.2, 0.25) is 0 Å². The first-order valence-electron chi connectivity index (χ1n) is 17.2. The van der Waals surface area contributed by atoms with Crippen molar-refractivity contribution in [3.05, 3.63) is 181 Å². The highest BCUT2D eigenvalue weighted by Crippen LogP contribution is 2.53. The number of benzene rings is 7. The van der Waals surface area contributed by atoms with Crippen LogP contribution in [0.25, 0.3) is 45.3 Å². The number of hydrogen-bond donors (Lipinski definition) is 0. The molecule has 52 heavy (non-hydrogen) atoms. The summed E-state index contributed by atoms with van der Waals surface area (Å²) in [6.07, 6.45) is 0. The van der Waals surface area contributed by atoms with Gasteiger partial charge in [0.15, 0.2) is 40.5 Å². The molecule has 1 aromatic heterocycles. The highest BCUT2D eigenvalue weighted by atomic mass is 16.6. The molecule has 0 amide bonds. The van der Waals surface area contributed by atoms with Gasteiger partial charge in [-0.2, -0.15) is 0 Å². The van der Waals surface area contributed by atoms with Crippen molar-refractivity contribution in [3.8, 4) is 68.3 Å². The Kier molecular flexibility index (Phi) is 7.95. The zero-order chi connectivity index (χ0) is 34.9. The molecule has 0 unspecified atom stereocenters. The van der Waals surface area contributed by atoms with Gasteiger partial charge in [0.05, 0.1) is 5.69 Å². The number of para-hydroxylation sites is 4. The first-order valence-corrected chi connectivity index (χ1v) is 17.2. The van der Waals surface area contributed by atoms with Crippen LogP contribution < -0.4 is 14.4 Å². The molecule has 0 spiro atoms. The smallest absolute Gasteiger partial charge is 0.194 e. The van der Waals surface area contributed by atoms with Gasteiger partial charge in [-0.25, -0.2) is 15.0 Å². The fourth-order valence-corrected chi connectivity index (χ4v) is 6.54. The molecule has 6 nitrogen and oxygen atoms in total. The van der Waals surface area contributed by atoms with Gasteiger partial charge in [0.1, 0.15) is 0 Å². The summed E-state index contributed by atoms with van der Waals surface area (Å²) in [7, 11) is 0. The van der Waals surface area contributed by atoms with Gasteiger partial charge in [-0.15, -0.1) is 0 Å². The minimum absolute atomic E-state index is 0.570. The average molecular weight is 673 g/mol. The number of fused-ring (bicyclic) bond motifs is 2. The molecule has 0 saturated heterocycles. The summed E-state index contributed by atoms with van der Waals surface area (Å²) in [5, 5.41) is 0. The van der Waals surface area contributed by atoms with E-state index in [9.17, 15) is 0 Å². The van der Waals surface area contributed by atoms with E-state index in [0.717, 1.165) is 50.4 Å². The molecule has 0 aliphatic carbocycles. The van der Waals surface area contributed by atoms with Crippen molar-refractivity contribution in [2.24, 2.45) is 0 Å². The summed E-state index contributed by atoms with van der Waals surface area (Å²) in [6, 6.07) is 59.1. The number of aromatic nitrogens is 3. The van der Waals surface area contributed by atoms with Crippen molar-refractivity contribution in [1.82, 2.24) is 15.0 Å². The predicted molar refractivity (Wildman–Crippen MR) is 208 cm³/mol. The molecule has 0 radical (unpaired) electrons. The van der Waals surface area contributed by atoms with Gasteiger partial charge in [0.25, 0.3) is 0 Å². The van der Waals surface area contributed by atoms with Gasteiger partial charge < -0.3 is 14.4 Å². The normalized spacial score (nSPS) is 11.5. The largest absolute Gasteiger partial charge is 0.449 e. The fourth-order valence-electron chi connectivity index (χ4n) is 6.54. The summed E-state index contributed by atoms with van der Waals surface area (Å²) in [4.78, 5) is 17.4. The first-order chi connectivity index (χ1) is 25.7. The maximum Gasteiger partial charge on any atom is 0.194 e. The van der Waals surface area contributed by atoms with Crippen LogP contribution in [0.5, 0.6) is 23.0 Å². The first kappa shape index (κ1) is 31.0. The molecule has 2 heterocycles. The zero-order valence-corrected chi connectivity index (χ0v) is 28.3. The van der Waals surface area contributed by atoms with Gasteiger partial charge in [0, 0.05) is 28.1 Å². The molecule has 0 saturated carbocycles. The van der Waals surface area contributed by atoms with Crippen LogP contribution in [-0.2, 0) is 0 Å². The second kappa shape index (κ2) is 13.3. The van der Waals surface area contributed by atoms with E-state index in [0.29, 0.717) is 40.5 Å². The Morgan fingerprint density at radius 2 is 0.865 bits per heavy atom. The molecule has 0 bridgehead atoms. The van der Waals surface area contributed by atoms with E-state index in [-0.39, 0.29) is 0 Å². The van der Waals surface area contributed by atoms with E-state index < -0.39 is 0 Å². The maximum atomic E-state index is 6.63. The molecule has 248 valence electrons.